The van der Waals surface area contributed by atoms with Gasteiger partial charge in [0.15, 0.2) is 5.82 Å². The highest BCUT2D eigenvalue weighted by Gasteiger charge is 2.16. The van der Waals surface area contributed by atoms with E-state index in [-0.39, 0.29) is 30.5 Å². The Morgan fingerprint density at radius 3 is 2.46 bits per heavy atom. The zero-order chi connectivity index (χ0) is 25.9. The van der Waals surface area contributed by atoms with Gasteiger partial charge in [0.25, 0.3) is 11.8 Å². The van der Waals surface area contributed by atoms with Gasteiger partial charge in [0.2, 0.25) is 0 Å². The molecule has 3 heterocycles. The van der Waals surface area contributed by atoms with Crippen molar-refractivity contribution in [3.8, 4) is 11.4 Å². The van der Waals surface area contributed by atoms with E-state index >= 15 is 0 Å². The van der Waals surface area contributed by atoms with Crippen molar-refractivity contribution in [2.24, 2.45) is 0 Å². The van der Waals surface area contributed by atoms with Crippen molar-refractivity contribution in [2.45, 2.75) is 20.0 Å². The number of H-pyrrole nitrogens is 1. The third-order valence-electron chi connectivity index (χ3n) is 5.75. The summed E-state index contributed by atoms with van der Waals surface area (Å²) >= 11 is 0. The van der Waals surface area contributed by atoms with Gasteiger partial charge in [-0.1, -0.05) is 47.6 Å². The van der Waals surface area contributed by atoms with E-state index in [2.05, 4.69) is 30.3 Å². The molecule has 0 aliphatic heterocycles. The molecule has 0 spiro atoms. The van der Waals surface area contributed by atoms with Crippen molar-refractivity contribution in [2.75, 3.05) is 0 Å². The smallest absolute Gasteiger partial charge is 0.347 e. The van der Waals surface area contributed by atoms with Crippen molar-refractivity contribution in [3.63, 3.8) is 0 Å². The maximum absolute atomic E-state index is 13.5. The SMILES string of the molecule is Cc1cc(CNC(=O)c2cn3c(C(=O)NCc4ccc(-c5noc(=O)[nH]5)cc4)cccc3n2)ccc1F. The number of nitrogens with zero attached hydrogens (tertiary/aromatic N) is 3. The van der Waals surface area contributed by atoms with Gasteiger partial charge >= 0.3 is 5.76 Å². The third-order valence-corrected chi connectivity index (χ3v) is 5.75. The molecule has 0 saturated heterocycles. The molecule has 186 valence electrons. The van der Waals surface area contributed by atoms with Crippen molar-refractivity contribution in [1.29, 1.82) is 0 Å². The van der Waals surface area contributed by atoms with Crippen LogP contribution in [0, 0.1) is 12.7 Å². The van der Waals surface area contributed by atoms with Gasteiger partial charge in [-0.3, -0.25) is 23.5 Å². The first kappa shape index (κ1) is 23.7. The number of hydrogen-bond donors (Lipinski definition) is 3. The Morgan fingerprint density at radius 2 is 1.73 bits per heavy atom. The number of imidazole rings is 1. The fraction of sp³-hybridized carbons (Fsp3) is 0.115. The lowest BCUT2D eigenvalue weighted by atomic mass is 10.1. The lowest BCUT2D eigenvalue weighted by molar-refractivity contribution is 0.0935. The Morgan fingerprint density at radius 1 is 1.00 bits per heavy atom. The first-order valence-electron chi connectivity index (χ1n) is 11.3. The van der Waals surface area contributed by atoms with Gasteiger partial charge in [0.05, 0.1) is 0 Å². The van der Waals surface area contributed by atoms with Crippen LogP contribution in [0.15, 0.2) is 76.2 Å². The number of halogens is 1. The van der Waals surface area contributed by atoms with Crippen LogP contribution in [-0.4, -0.2) is 31.3 Å². The minimum atomic E-state index is -0.636. The molecule has 11 heteroatoms. The third kappa shape index (κ3) is 5.15. The fourth-order valence-corrected chi connectivity index (χ4v) is 3.80. The number of carbonyl (C=O) groups excluding carboxylic acids is 2. The van der Waals surface area contributed by atoms with E-state index in [0.717, 1.165) is 11.1 Å². The molecule has 0 radical (unpaired) electrons. The molecule has 3 N–H and O–H groups in total. The van der Waals surface area contributed by atoms with Crippen LogP contribution in [0.5, 0.6) is 0 Å². The molecule has 0 fully saturated rings. The van der Waals surface area contributed by atoms with Gasteiger partial charge in [-0.05, 0) is 41.8 Å². The number of carbonyl (C=O) groups is 2. The van der Waals surface area contributed by atoms with Crippen LogP contribution in [-0.2, 0) is 13.1 Å². The van der Waals surface area contributed by atoms with E-state index in [1.165, 1.54) is 12.3 Å². The average molecular weight is 500 g/mol. The van der Waals surface area contributed by atoms with Gasteiger partial charge in [-0.25, -0.2) is 14.2 Å². The highest BCUT2D eigenvalue weighted by molar-refractivity contribution is 5.95. The summed E-state index contributed by atoms with van der Waals surface area (Å²) < 4.78 is 19.5. The van der Waals surface area contributed by atoms with Crippen LogP contribution in [0.3, 0.4) is 0 Å². The Labute approximate surface area is 209 Å². The molecule has 0 saturated carbocycles. The summed E-state index contributed by atoms with van der Waals surface area (Å²) in [5.74, 6) is -1.38. The predicted molar refractivity (Wildman–Crippen MR) is 131 cm³/mol. The zero-order valence-corrected chi connectivity index (χ0v) is 19.6. The van der Waals surface area contributed by atoms with Gasteiger partial charge in [0, 0.05) is 24.8 Å². The Hall–Kier alpha value is -5.06. The van der Waals surface area contributed by atoms with E-state index in [1.807, 2.05) is 0 Å². The molecule has 5 rings (SSSR count). The lowest BCUT2D eigenvalue weighted by Gasteiger charge is -2.08. The fourth-order valence-electron chi connectivity index (χ4n) is 3.80. The number of aryl methyl sites for hydroxylation is 1. The number of nitrogens with one attached hydrogen (secondary N) is 3. The average Bonchev–Trinajstić information content (AvgIpc) is 3.54. The number of rotatable bonds is 7. The quantitative estimate of drug-likeness (QED) is 0.315. The highest BCUT2D eigenvalue weighted by atomic mass is 19.1. The van der Waals surface area contributed by atoms with E-state index in [0.29, 0.717) is 28.3 Å². The van der Waals surface area contributed by atoms with Crippen LogP contribution in [0.4, 0.5) is 4.39 Å². The second kappa shape index (κ2) is 9.90. The Balaban J connectivity index is 1.25. The van der Waals surface area contributed by atoms with Crippen LogP contribution < -0.4 is 16.4 Å². The lowest BCUT2D eigenvalue weighted by Crippen LogP contribution is -2.25. The number of amides is 2. The summed E-state index contributed by atoms with van der Waals surface area (Å²) in [6.07, 6.45) is 1.50. The molecule has 0 aliphatic carbocycles. The van der Waals surface area contributed by atoms with Crippen molar-refractivity contribution in [3.05, 3.63) is 111 Å². The normalized spacial score (nSPS) is 11.0. The van der Waals surface area contributed by atoms with Crippen LogP contribution in [0.2, 0.25) is 0 Å². The summed E-state index contributed by atoms with van der Waals surface area (Å²) in [5, 5.41) is 9.27. The summed E-state index contributed by atoms with van der Waals surface area (Å²) in [6.45, 7) is 2.13. The number of aromatic nitrogens is 4. The van der Waals surface area contributed by atoms with Crippen LogP contribution >= 0.6 is 0 Å². The first-order chi connectivity index (χ1) is 17.9. The number of benzene rings is 2. The van der Waals surface area contributed by atoms with Gasteiger partial charge in [-0.15, -0.1) is 0 Å². The van der Waals surface area contributed by atoms with Crippen LogP contribution in [0.1, 0.15) is 37.7 Å². The Bertz CT molecular complexity index is 1670. The molecule has 5 aromatic rings. The number of fused-ring (bicyclic) bond motifs is 1. The minimum absolute atomic E-state index is 0.153. The second-order valence-corrected chi connectivity index (χ2v) is 8.35. The highest BCUT2D eigenvalue weighted by Crippen LogP contribution is 2.15. The van der Waals surface area contributed by atoms with Crippen molar-refractivity contribution < 1.29 is 18.5 Å². The predicted octanol–water partition coefficient (Wildman–Crippen LogP) is 2.99. The topological polar surface area (TPSA) is 134 Å². The molecule has 37 heavy (non-hydrogen) atoms. The summed E-state index contributed by atoms with van der Waals surface area (Å²) in [5.41, 5.74) is 3.68. The maximum atomic E-state index is 13.5. The molecular formula is C26H21FN6O4. The van der Waals surface area contributed by atoms with Gasteiger partial charge in [0.1, 0.15) is 22.9 Å². The first-order valence-corrected chi connectivity index (χ1v) is 11.3. The van der Waals surface area contributed by atoms with Gasteiger partial charge in [-0.2, -0.15) is 0 Å². The molecule has 10 nitrogen and oxygen atoms in total. The summed E-state index contributed by atoms with van der Waals surface area (Å²) in [6, 6.07) is 16.8. The maximum Gasteiger partial charge on any atom is 0.439 e. The summed E-state index contributed by atoms with van der Waals surface area (Å²) in [4.78, 5) is 43.5. The molecule has 0 aliphatic rings. The monoisotopic (exact) mass is 500 g/mol. The van der Waals surface area contributed by atoms with E-state index in [1.54, 1.807) is 65.9 Å². The molecule has 3 aromatic heterocycles. The molecule has 2 aromatic carbocycles. The summed E-state index contributed by atoms with van der Waals surface area (Å²) in [7, 11) is 0. The molecular weight excluding hydrogens is 479 g/mol. The van der Waals surface area contributed by atoms with Crippen LogP contribution in [0.25, 0.3) is 17.0 Å². The molecule has 0 atom stereocenters. The second-order valence-electron chi connectivity index (χ2n) is 8.35. The molecule has 0 bridgehead atoms. The van der Waals surface area contributed by atoms with Crippen molar-refractivity contribution >= 4 is 17.5 Å². The van der Waals surface area contributed by atoms with Gasteiger partial charge < -0.3 is 10.6 Å². The van der Waals surface area contributed by atoms with E-state index < -0.39 is 11.7 Å². The van der Waals surface area contributed by atoms with E-state index in [9.17, 15) is 18.8 Å². The number of hydrogen-bond acceptors (Lipinski definition) is 6. The van der Waals surface area contributed by atoms with E-state index in [4.69, 9.17) is 0 Å². The number of pyridine rings is 1. The largest absolute Gasteiger partial charge is 0.439 e. The minimum Gasteiger partial charge on any atom is -0.347 e. The zero-order valence-electron chi connectivity index (χ0n) is 19.6. The number of aromatic amines is 1. The standard InChI is InChI=1S/C26H21FN6O4/c1-15-11-17(7-10-19(15)27)13-28-24(34)20-14-33-21(3-2-4-22(33)30-20)25(35)29-12-16-5-8-18(9-6-16)23-31-26(36)37-32-23/h2-11,14H,12-13H2,1H3,(H,28,34)(H,29,35)(H,31,32,36). The Kier molecular flexibility index (Phi) is 6.33. The molecule has 0 unspecified atom stereocenters. The van der Waals surface area contributed by atoms with Crippen molar-refractivity contribution in [1.82, 2.24) is 30.2 Å². The molecule has 2 amide bonds.